The van der Waals surface area contributed by atoms with Crippen molar-refractivity contribution in [1.29, 1.82) is 0 Å². The molecule has 0 aromatic heterocycles. The Hall–Kier alpha value is -4.05. The van der Waals surface area contributed by atoms with E-state index in [0.29, 0.717) is 13.1 Å². The minimum absolute atomic E-state index is 0.0121. The lowest BCUT2D eigenvalue weighted by molar-refractivity contribution is -0.253. The van der Waals surface area contributed by atoms with Crippen LogP contribution in [0.2, 0.25) is 0 Å². The molecule has 6 rings (SSSR count). The number of benzene rings is 4. The van der Waals surface area contributed by atoms with Gasteiger partial charge in [-0.3, -0.25) is 4.90 Å². The van der Waals surface area contributed by atoms with E-state index in [1.165, 1.54) is 0 Å². The first kappa shape index (κ1) is 31.0. The van der Waals surface area contributed by atoms with E-state index >= 15 is 0 Å². The van der Waals surface area contributed by atoms with Gasteiger partial charge in [0.05, 0.1) is 32.0 Å². The average molecular weight is 608 g/mol. The van der Waals surface area contributed by atoms with Crippen molar-refractivity contribution in [2.24, 2.45) is 0 Å². The van der Waals surface area contributed by atoms with Crippen molar-refractivity contribution in [1.82, 2.24) is 15.5 Å². The van der Waals surface area contributed by atoms with Gasteiger partial charge in [-0.05, 0) is 39.4 Å². The summed E-state index contributed by atoms with van der Waals surface area (Å²) < 4.78 is 18.6. The van der Waals surface area contributed by atoms with E-state index in [9.17, 15) is 9.90 Å². The van der Waals surface area contributed by atoms with Crippen LogP contribution in [0.15, 0.2) is 103 Å². The third-order valence-corrected chi connectivity index (χ3v) is 8.37. The second kappa shape index (κ2) is 15.3. The number of morpholine rings is 1. The first-order chi connectivity index (χ1) is 22.1. The normalized spacial score (nSPS) is 20.4. The molecule has 234 valence electrons. The van der Waals surface area contributed by atoms with Crippen molar-refractivity contribution in [3.05, 3.63) is 131 Å². The lowest BCUT2D eigenvalue weighted by Crippen LogP contribution is -2.44. The van der Waals surface area contributed by atoms with Gasteiger partial charge < -0.3 is 30.0 Å². The molecule has 2 heterocycles. The van der Waals surface area contributed by atoms with E-state index in [4.69, 9.17) is 14.2 Å². The Morgan fingerprint density at radius 2 is 1.42 bits per heavy atom. The van der Waals surface area contributed by atoms with Crippen LogP contribution < -0.4 is 10.6 Å². The van der Waals surface area contributed by atoms with Gasteiger partial charge in [-0.2, -0.15) is 0 Å². The highest BCUT2D eigenvalue weighted by atomic mass is 16.7. The number of nitrogens with zero attached hydrogens (tertiary/aromatic N) is 1. The van der Waals surface area contributed by atoms with Crippen LogP contribution in [0.25, 0.3) is 11.1 Å². The van der Waals surface area contributed by atoms with Gasteiger partial charge in [0.25, 0.3) is 0 Å². The minimum atomic E-state index is -0.494. The summed E-state index contributed by atoms with van der Waals surface area (Å²) >= 11 is 0. The Labute approximate surface area is 264 Å². The summed E-state index contributed by atoms with van der Waals surface area (Å²) in [5.74, 6) is 0. The summed E-state index contributed by atoms with van der Waals surface area (Å²) in [4.78, 5) is 14.7. The maximum atomic E-state index is 12.3. The number of rotatable bonds is 10. The maximum absolute atomic E-state index is 12.3. The molecule has 4 aromatic carbocycles. The summed E-state index contributed by atoms with van der Waals surface area (Å²) in [5.41, 5.74) is 7.16. The third-order valence-electron chi connectivity index (χ3n) is 8.37. The van der Waals surface area contributed by atoms with Crippen molar-refractivity contribution in [3.8, 4) is 11.1 Å². The van der Waals surface area contributed by atoms with Crippen LogP contribution in [-0.4, -0.2) is 55.0 Å². The molecule has 8 heteroatoms. The Bertz CT molecular complexity index is 1510. The van der Waals surface area contributed by atoms with Crippen molar-refractivity contribution in [2.45, 2.75) is 44.6 Å². The van der Waals surface area contributed by atoms with Crippen molar-refractivity contribution in [3.63, 3.8) is 0 Å². The molecule has 4 aromatic rings. The molecule has 8 nitrogen and oxygen atoms in total. The second-order valence-corrected chi connectivity index (χ2v) is 11.6. The molecule has 0 unspecified atom stereocenters. The predicted molar refractivity (Wildman–Crippen MR) is 173 cm³/mol. The summed E-state index contributed by atoms with van der Waals surface area (Å²) in [6.45, 7) is 5.08. The highest BCUT2D eigenvalue weighted by Crippen LogP contribution is 2.38. The fourth-order valence-corrected chi connectivity index (χ4v) is 5.82. The molecule has 45 heavy (non-hydrogen) atoms. The molecule has 2 aliphatic heterocycles. The van der Waals surface area contributed by atoms with E-state index < -0.39 is 6.29 Å². The van der Waals surface area contributed by atoms with E-state index in [2.05, 4.69) is 51.9 Å². The lowest BCUT2D eigenvalue weighted by atomic mass is 9.99. The monoisotopic (exact) mass is 607 g/mol. The molecule has 2 amide bonds. The summed E-state index contributed by atoms with van der Waals surface area (Å²) in [6.07, 6.45) is 0.163. The van der Waals surface area contributed by atoms with Crippen LogP contribution >= 0.6 is 0 Å². The number of aliphatic hydroxyl groups excluding tert-OH is 1. The fraction of sp³-hybridized carbons (Fsp3) is 0.324. The van der Waals surface area contributed by atoms with Crippen LogP contribution in [-0.2, 0) is 33.9 Å². The van der Waals surface area contributed by atoms with Gasteiger partial charge in [0, 0.05) is 44.7 Å². The number of aliphatic hydroxyl groups is 1. The van der Waals surface area contributed by atoms with Crippen molar-refractivity contribution < 1.29 is 24.1 Å². The largest absolute Gasteiger partial charge is 0.392 e. The molecule has 2 fully saturated rings. The SMILES string of the molecule is O=C(NCc1ccccc1)NCc1cccc(-c2ccc([C@H]3O[C@@H](CN4CCOCC4)C[C@@H](c4ccc(CO)cc4)O3)cc2)c1. The Morgan fingerprint density at radius 3 is 2.16 bits per heavy atom. The molecule has 2 saturated heterocycles. The van der Waals surface area contributed by atoms with E-state index in [1.54, 1.807) is 0 Å². The Morgan fingerprint density at radius 1 is 0.733 bits per heavy atom. The molecular weight excluding hydrogens is 566 g/mol. The van der Waals surface area contributed by atoms with Crippen LogP contribution in [0.3, 0.4) is 0 Å². The summed E-state index contributed by atoms with van der Waals surface area (Å²) in [7, 11) is 0. The number of nitrogens with one attached hydrogen (secondary N) is 2. The average Bonchev–Trinajstić information content (AvgIpc) is 3.11. The number of carbonyl (C=O) groups is 1. The number of carbonyl (C=O) groups excluding carboxylic acids is 1. The Balaban J connectivity index is 1.10. The molecule has 0 aliphatic carbocycles. The van der Waals surface area contributed by atoms with Gasteiger partial charge in [0.15, 0.2) is 6.29 Å². The number of urea groups is 1. The van der Waals surface area contributed by atoms with Gasteiger partial charge in [0.1, 0.15) is 0 Å². The highest BCUT2D eigenvalue weighted by molar-refractivity contribution is 5.74. The molecule has 0 bridgehead atoms. The number of ether oxygens (including phenoxy) is 3. The van der Waals surface area contributed by atoms with Gasteiger partial charge in [-0.15, -0.1) is 0 Å². The van der Waals surface area contributed by atoms with E-state index in [1.807, 2.05) is 66.7 Å². The zero-order valence-electron chi connectivity index (χ0n) is 25.4. The topological polar surface area (TPSA) is 92.3 Å². The number of hydrogen-bond donors (Lipinski definition) is 3. The minimum Gasteiger partial charge on any atom is -0.392 e. The predicted octanol–water partition coefficient (Wildman–Crippen LogP) is 5.72. The van der Waals surface area contributed by atoms with E-state index in [-0.39, 0.29) is 24.8 Å². The molecule has 2 aliphatic rings. The molecule has 0 spiro atoms. The van der Waals surface area contributed by atoms with Gasteiger partial charge >= 0.3 is 6.03 Å². The molecule has 0 radical (unpaired) electrons. The highest BCUT2D eigenvalue weighted by Gasteiger charge is 2.33. The zero-order chi connectivity index (χ0) is 30.8. The standard InChI is InChI=1S/C37H41N3O5/c41-26-28-9-11-31(12-10-28)35-22-34(25-40-17-19-43-20-18-40)44-36(45-35)32-15-13-30(14-16-32)33-8-4-7-29(21-33)24-39-37(42)38-23-27-5-2-1-3-6-27/h1-16,21,34-36,41H,17-20,22-26H2,(H2,38,39,42)/t34-,35+,36+/m1/s1. The smallest absolute Gasteiger partial charge is 0.315 e. The van der Waals surface area contributed by atoms with Gasteiger partial charge in [0.2, 0.25) is 0 Å². The quantitative estimate of drug-likeness (QED) is 0.214. The Kier molecular flexibility index (Phi) is 10.5. The van der Waals surface area contributed by atoms with Crippen LogP contribution in [0.5, 0.6) is 0 Å². The summed E-state index contributed by atoms with van der Waals surface area (Å²) in [6, 6.07) is 34.2. The lowest BCUT2D eigenvalue weighted by Gasteiger charge is -2.39. The van der Waals surface area contributed by atoms with Crippen LogP contribution in [0.1, 0.15) is 46.6 Å². The fourth-order valence-electron chi connectivity index (χ4n) is 5.82. The second-order valence-electron chi connectivity index (χ2n) is 11.6. The number of amides is 2. The van der Waals surface area contributed by atoms with Gasteiger partial charge in [-0.1, -0.05) is 97.1 Å². The van der Waals surface area contributed by atoms with Gasteiger partial charge in [-0.25, -0.2) is 4.79 Å². The van der Waals surface area contributed by atoms with Crippen LogP contribution in [0, 0.1) is 0 Å². The maximum Gasteiger partial charge on any atom is 0.315 e. The zero-order valence-corrected chi connectivity index (χ0v) is 25.4. The molecular formula is C37H41N3O5. The third kappa shape index (κ3) is 8.57. The van der Waals surface area contributed by atoms with Crippen LogP contribution in [0.4, 0.5) is 4.79 Å². The molecule has 3 atom stereocenters. The molecule has 3 N–H and O–H groups in total. The first-order valence-electron chi connectivity index (χ1n) is 15.7. The summed E-state index contributed by atoms with van der Waals surface area (Å²) in [5, 5.41) is 15.3. The number of hydrogen-bond acceptors (Lipinski definition) is 6. The van der Waals surface area contributed by atoms with Crippen molar-refractivity contribution >= 4 is 6.03 Å². The van der Waals surface area contributed by atoms with E-state index in [0.717, 1.165) is 78.2 Å². The molecule has 0 saturated carbocycles. The van der Waals surface area contributed by atoms with Crippen molar-refractivity contribution in [2.75, 3.05) is 32.8 Å². The first-order valence-corrected chi connectivity index (χ1v) is 15.7.